The molecule has 1 N–H and O–H groups in total. The van der Waals surface area contributed by atoms with Gasteiger partial charge in [0.1, 0.15) is 5.76 Å². The van der Waals surface area contributed by atoms with Gasteiger partial charge in [-0.3, -0.25) is 19.7 Å². The number of carbonyl (C=O) groups excluding carboxylic acids is 2. The molecule has 0 bridgehead atoms. The van der Waals surface area contributed by atoms with Crippen molar-refractivity contribution in [3.05, 3.63) is 111 Å². The molecular formula is C29H25ClN4O5. The molecule has 1 aliphatic rings. The van der Waals surface area contributed by atoms with Crippen molar-refractivity contribution in [3.8, 4) is 11.3 Å². The molecule has 0 atom stereocenters. The molecule has 2 heterocycles. The SMILES string of the molecule is Cc1ccc(C(=O)N2CCN(c3c(Cl)cccc3NC(=O)c3ccc(-c4cccc([N+](=O)[O-])c4)o3)CC2)cc1. The van der Waals surface area contributed by atoms with Gasteiger partial charge < -0.3 is 19.5 Å². The highest BCUT2D eigenvalue weighted by molar-refractivity contribution is 6.34. The number of amides is 2. The first-order valence-electron chi connectivity index (χ1n) is 12.4. The molecule has 0 spiro atoms. The molecule has 0 radical (unpaired) electrons. The second kappa shape index (κ2) is 11.0. The second-order valence-corrected chi connectivity index (χ2v) is 9.61. The predicted octanol–water partition coefficient (Wildman–Crippen LogP) is 6.03. The second-order valence-electron chi connectivity index (χ2n) is 9.21. The summed E-state index contributed by atoms with van der Waals surface area (Å²) >= 11 is 6.57. The first-order chi connectivity index (χ1) is 18.8. The minimum Gasteiger partial charge on any atom is -0.451 e. The number of hydrogen-bond donors (Lipinski definition) is 1. The molecule has 0 unspecified atom stereocenters. The van der Waals surface area contributed by atoms with Crippen molar-refractivity contribution < 1.29 is 18.9 Å². The molecule has 1 aromatic heterocycles. The third-order valence-electron chi connectivity index (χ3n) is 6.59. The lowest BCUT2D eigenvalue weighted by Crippen LogP contribution is -2.49. The van der Waals surface area contributed by atoms with Crippen LogP contribution in [0.4, 0.5) is 17.1 Å². The summed E-state index contributed by atoms with van der Waals surface area (Å²) < 4.78 is 5.72. The summed E-state index contributed by atoms with van der Waals surface area (Å²) in [6.45, 7) is 4.09. The molecule has 0 aliphatic carbocycles. The Labute approximate surface area is 229 Å². The number of hydrogen-bond acceptors (Lipinski definition) is 6. The fourth-order valence-electron chi connectivity index (χ4n) is 4.52. The van der Waals surface area contributed by atoms with Crippen LogP contribution in [0.5, 0.6) is 0 Å². The summed E-state index contributed by atoms with van der Waals surface area (Å²) in [6.07, 6.45) is 0. The lowest BCUT2D eigenvalue weighted by atomic mass is 10.1. The molecule has 10 heteroatoms. The van der Waals surface area contributed by atoms with Crippen LogP contribution in [0.15, 0.2) is 83.3 Å². The van der Waals surface area contributed by atoms with Crippen LogP contribution in [0.1, 0.15) is 26.5 Å². The number of furan rings is 1. The zero-order valence-corrected chi connectivity index (χ0v) is 21.9. The lowest BCUT2D eigenvalue weighted by molar-refractivity contribution is -0.384. The molecule has 4 aromatic rings. The van der Waals surface area contributed by atoms with Gasteiger partial charge in [-0.25, -0.2) is 0 Å². The molecule has 1 fully saturated rings. The maximum atomic E-state index is 13.1. The molecule has 9 nitrogen and oxygen atoms in total. The first-order valence-corrected chi connectivity index (χ1v) is 12.7. The van der Waals surface area contributed by atoms with Gasteiger partial charge in [0.25, 0.3) is 17.5 Å². The third kappa shape index (κ3) is 5.63. The van der Waals surface area contributed by atoms with E-state index in [9.17, 15) is 19.7 Å². The number of rotatable bonds is 6. The minimum atomic E-state index is -0.487. The molecule has 39 heavy (non-hydrogen) atoms. The van der Waals surface area contributed by atoms with Crippen LogP contribution in [0.25, 0.3) is 11.3 Å². The van der Waals surface area contributed by atoms with Gasteiger partial charge >= 0.3 is 0 Å². The summed E-state index contributed by atoms with van der Waals surface area (Å²) in [5.74, 6) is -0.108. The zero-order chi connectivity index (χ0) is 27.5. The van der Waals surface area contributed by atoms with Crippen molar-refractivity contribution in [2.45, 2.75) is 6.92 Å². The van der Waals surface area contributed by atoms with Crippen LogP contribution >= 0.6 is 11.6 Å². The number of non-ortho nitro benzene ring substituents is 1. The molecule has 198 valence electrons. The Morgan fingerprint density at radius 1 is 0.949 bits per heavy atom. The highest BCUT2D eigenvalue weighted by atomic mass is 35.5. The molecule has 0 saturated carbocycles. The quantitative estimate of drug-likeness (QED) is 0.234. The van der Waals surface area contributed by atoms with E-state index in [1.807, 2.05) is 41.0 Å². The van der Waals surface area contributed by atoms with Crippen LogP contribution in [0.2, 0.25) is 5.02 Å². The van der Waals surface area contributed by atoms with Crippen LogP contribution in [0.3, 0.4) is 0 Å². The summed E-state index contributed by atoms with van der Waals surface area (Å²) in [5, 5.41) is 14.4. The number of anilines is 2. The summed E-state index contributed by atoms with van der Waals surface area (Å²) in [4.78, 5) is 40.5. The Morgan fingerprint density at radius 3 is 2.38 bits per heavy atom. The van der Waals surface area contributed by atoms with E-state index in [0.29, 0.717) is 59.5 Å². The minimum absolute atomic E-state index is 0.0142. The Hall–Kier alpha value is -4.63. The predicted molar refractivity (Wildman–Crippen MR) is 149 cm³/mol. The number of piperazine rings is 1. The molecule has 5 rings (SSSR count). The number of nitro groups is 1. The zero-order valence-electron chi connectivity index (χ0n) is 21.1. The monoisotopic (exact) mass is 544 g/mol. The van der Waals surface area contributed by atoms with Crippen molar-refractivity contribution >= 4 is 40.5 Å². The van der Waals surface area contributed by atoms with Gasteiger partial charge in [0, 0.05) is 49.4 Å². The molecular weight excluding hydrogens is 520 g/mol. The van der Waals surface area contributed by atoms with E-state index in [4.69, 9.17) is 16.0 Å². The summed E-state index contributed by atoms with van der Waals surface area (Å²) in [7, 11) is 0. The fraction of sp³-hybridized carbons (Fsp3) is 0.172. The number of para-hydroxylation sites is 1. The maximum absolute atomic E-state index is 13.1. The lowest BCUT2D eigenvalue weighted by Gasteiger charge is -2.37. The van der Waals surface area contributed by atoms with E-state index in [0.717, 1.165) is 5.56 Å². The first kappa shape index (κ1) is 26.0. The van der Waals surface area contributed by atoms with Crippen LogP contribution < -0.4 is 10.2 Å². The fourth-order valence-corrected chi connectivity index (χ4v) is 4.82. The van der Waals surface area contributed by atoms with E-state index in [2.05, 4.69) is 5.32 Å². The van der Waals surface area contributed by atoms with Crippen molar-refractivity contribution in [2.24, 2.45) is 0 Å². The van der Waals surface area contributed by atoms with E-state index in [-0.39, 0.29) is 17.4 Å². The number of nitrogens with one attached hydrogen (secondary N) is 1. The van der Waals surface area contributed by atoms with E-state index < -0.39 is 10.8 Å². The highest BCUT2D eigenvalue weighted by Gasteiger charge is 2.26. The number of nitro benzene ring substituents is 1. The third-order valence-corrected chi connectivity index (χ3v) is 6.89. The van der Waals surface area contributed by atoms with Gasteiger partial charge in [-0.15, -0.1) is 0 Å². The van der Waals surface area contributed by atoms with Gasteiger partial charge in [0.05, 0.1) is 21.3 Å². The smallest absolute Gasteiger partial charge is 0.291 e. The topological polar surface area (TPSA) is 109 Å². The van der Waals surface area contributed by atoms with Gasteiger partial charge in [-0.05, 0) is 43.3 Å². The van der Waals surface area contributed by atoms with Crippen molar-refractivity contribution in [2.75, 3.05) is 36.4 Å². The number of nitrogens with zero attached hydrogens (tertiary/aromatic N) is 3. The van der Waals surface area contributed by atoms with Crippen molar-refractivity contribution in [3.63, 3.8) is 0 Å². The van der Waals surface area contributed by atoms with Crippen LogP contribution in [-0.2, 0) is 0 Å². The Balaban J connectivity index is 1.29. The van der Waals surface area contributed by atoms with Gasteiger partial charge in [-0.1, -0.05) is 47.5 Å². The maximum Gasteiger partial charge on any atom is 0.291 e. The number of benzene rings is 3. The van der Waals surface area contributed by atoms with E-state index >= 15 is 0 Å². The molecule has 1 aliphatic heterocycles. The average Bonchev–Trinajstić information content (AvgIpc) is 3.44. The standard InChI is InChI=1S/C29H25ClN4O5/c1-19-8-10-20(11-9-19)29(36)33-16-14-32(15-17-33)27-23(30)6-3-7-24(27)31-28(35)26-13-12-25(39-26)21-4-2-5-22(18-21)34(37)38/h2-13,18H,14-17H2,1H3,(H,31,35). The normalized spacial score (nSPS) is 13.3. The Morgan fingerprint density at radius 2 is 1.67 bits per heavy atom. The van der Waals surface area contributed by atoms with E-state index in [1.54, 1.807) is 36.4 Å². The van der Waals surface area contributed by atoms with Crippen molar-refractivity contribution in [1.29, 1.82) is 0 Å². The van der Waals surface area contributed by atoms with Gasteiger partial charge in [-0.2, -0.15) is 0 Å². The van der Waals surface area contributed by atoms with Crippen LogP contribution in [0, 0.1) is 17.0 Å². The summed E-state index contributed by atoms with van der Waals surface area (Å²) in [5.41, 5.74) is 3.35. The Kier molecular flexibility index (Phi) is 7.33. The van der Waals surface area contributed by atoms with Gasteiger partial charge in [0.2, 0.25) is 0 Å². The summed E-state index contributed by atoms with van der Waals surface area (Å²) in [6, 6.07) is 21.9. The number of halogens is 1. The molecule has 2 amide bonds. The largest absolute Gasteiger partial charge is 0.451 e. The van der Waals surface area contributed by atoms with Crippen LogP contribution in [-0.4, -0.2) is 47.8 Å². The Bertz CT molecular complexity index is 1540. The van der Waals surface area contributed by atoms with E-state index in [1.165, 1.54) is 18.2 Å². The number of aryl methyl sites for hydroxylation is 1. The molecule has 1 saturated heterocycles. The van der Waals surface area contributed by atoms with Gasteiger partial charge in [0.15, 0.2) is 5.76 Å². The van der Waals surface area contributed by atoms with Crippen molar-refractivity contribution in [1.82, 2.24) is 4.90 Å². The highest BCUT2D eigenvalue weighted by Crippen LogP contribution is 2.35. The average molecular weight is 545 g/mol. The molecule has 3 aromatic carbocycles. The number of carbonyl (C=O) groups is 2.